The van der Waals surface area contributed by atoms with E-state index in [1.54, 1.807) is 18.1 Å². The lowest BCUT2D eigenvalue weighted by atomic mass is 10.2. The molecule has 2 aromatic rings. The Morgan fingerprint density at radius 2 is 2.42 bits per heavy atom. The minimum atomic E-state index is -0.0952. The van der Waals surface area contributed by atoms with Gasteiger partial charge in [-0.2, -0.15) is 0 Å². The smallest absolute Gasteiger partial charge is 0.221 e. The Hall–Kier alpha value is -2.08. The van der Waals surface area contributed by atoms with E-state index in [2.05, 4.69) is 22.1 Å². The number of hydrogen-bond donors (Lipinski definition) is 1. The van der Waals surface area contributed by atoms with Gasteiger partial charge in [0.2, 0.25) is 5.91 Å². The van der Waals surface area contributed by atoms with Gasteiger partial charge in [-0.05, 0) is 18.2 Å². The van der Waals surface area contributed by atoms with Crippen LogP contribution < -0.4 is 5.32 Å². The molecule has 0 atom stereocenters. The molecule has 2 rings (SSSR count). The van der Waals surface area contributed by atoms with E-state index in [9.17, 15) is 4.79 Å². The molecular formula is C13H14N4OS. The van der Waals surface area contributed by atoms with Gasteiger partial charge in [0, 0.05) is 18.4 Å². The lowest BCUT2D eigenvalue weighted by Gasteiger charge is -2.08. The van der Waals surface area contributed by atoms with Gasteiger partial charge < -0.3 is 5.32 Å². The van der Waals surface area contributed by atoms with E-state index in [-0.39, 0.29) is 5.91 Å². The van der Waals surface area contributed by atoms with Crippen LogP contribution in [0.3, 0.4) is 0 Å². The van der Waals surface area contributed by atoms with Gasteiger partial charge in [-0.1, -0.05) is 23.9 Å². The Balaban J connectivity index is 2.28. The number of rotatable bonds is 5. The van der Waals surface area contributed by atoms with E-state index in [4.69, 9.17) is 0 Å². The van der Waals surface area contributed by atoms with Crippen LogP contribution in [0.5, 0.6) is 0 Å². The first kappa shape index (κ1) is 13.4. The van der Waals surface area contributed by atoms with Crippen LogP contribution in [0.15, 0.2) is 48.4 Å². The molecule has 1 aromatic carbocycles. The van der Waals surface area contributed by atoms with Gasteiger partial charge in [0.05, 0.1) is 5.69 Å². The summed E-state index contributed by atoms with van der Waals surface area (Å²) in [5.41, 5.74) is 1.65. The fourth-order valence-corrected chi connectivity index (χ4v) is 2.23. The molecule has 98 valence electrons. The number of aromatic nitrogens is 3. The molecule has 0 fully saturated rings. The molecule has 0 aliphatic rings. The molecule has 0 aliphatic carbocycles. The fraction of sp³-hybridized carbons (Fsp3) is 0.154. The summed E-state index contributed by atoms with van der Waals surface area (Å²) in [6.45, 7) is 5.17. The van der Waals surface area contributed by atoms with Gasteiger partial charge in [0.25, 0.3) is 0 Å². The van der Waals surface area contributed by atoms with Crippen molar-refractivity contribution >= 4 is 23.4 Å². The Morgan fingerprint density at radius 1 is 1.58 bits per heavy atom. The number of amides is 1. The van der Waals surface area contributed by atoms with Crippen molar-refractivity contribution in [2.24, 2.45) is 0 Å². The highest BCUT2D eigenvalue weighted by atomic mass is 32.2. The van der Waals surface area contributed by atoms with Crippen molar-refractivity contribution < 1.29 is 4.79 Å². The van der Waals surface area contributed by atoms with E-state index in [0.29, 0.717) is 0 Å². The zero-order valence-electron chi connectivity index (χ0n) is 10.5. The molecule has 1 heterocycles. The second-order valence-corrected chi connectivity index (χ2v) is 4.80. The third kappa shape index (κ3) is 3.45. The molecule has 6 heteroatoms. The highest BCUT2D eigenvalue weighted by molar-refractivity contribution is 7.99. The predicted octanol–water partition coefficient (Wildman–Crippen LogP) is 2.50. The number of anilines is 1. The first-order valence-electron chi connectivity index (χ1n) is 5.72. The van der Waals surface area contributed by atoms with E-state index in [0.717, 1.165) is 22.3 Å². The highest BCUT2D eigenvalue weighted by Crippen LogP contribution is 2.21. The van der Waals surface area contributed by atoms with Crippen LogP contribution in [-0.2, 0) is 4.79 Å². The summed E-state index contributed by atoms with van der Waals surface area (Å²) in [5.74, 6) is 0.673. The number of carbonyl (C=O) groups is 1. The van der Waals surface area contributed by atoms with Crippen molar-refractivity contribution in [3.05, 3.63) is 43.2 Å². The molecule has 5 nitrogen and oxygen atoms in total. The second-order valence-electron chi connectivity index (χ2n) is 3.81. The largest absolute Gasteiger partial charge is 0.326 e. The van der Waals surface area contributed by atoms with Crippen LogP contribution in [-0.4, -0.2) is 26.4 Å². The van der Waals surface area contributed by atoms with Crippen LogP contribution in [0.25, 0.3) is 5.69 Å². The fourth-order valence-electron chi connectivity index (χ4n) is 1.57. The topological polar surface area (TPSA) is 59.8 Å². The first-order valence-corrected chi connectivity index (χ1v) is 6.71. The van der Waals surface area contributed by atoms with Gasteiger partial charge in [-0.3, -0.25) is 9.36 Å². The molecule has 1 amide bonds. The van der Waals surface area contributed by atoms with Crippen molar-refractivity contribution in [1.82, 2.24) is 14.8 Å². The van der Waals surface area contributed by atoms with E-state index in [1.165, 1.54) is 6.92 Å². The van der Waals surface area contributed by atoms with Crippen LogP contribution >= 0.6 is 11.8 Å². The highest BCUT2D eigenvalue weighted by Gasteiger charge is 2.07. The standard InChI is InChI=1S/C13H14N4OS/c1-3-7-19-13-16-14-9-17(13)12-6-4-5-11(8-12)15-10(2)18/h3-6,8-9H,1,7H2,2H3,(H,15,18). The lowest BCUT2D eigenvalue weighted by molar-refractivity contribution is -0.114. The van der Waals surface area contributed by atoms with Crippen molar-refractivity contribution in [3.8, 4) is 5.69 Å². The number of nitrogens with zero attached hydrogens (tertiary/aromatic N) is 3. The lowest BCUT2D eigenvalue weighted by Crippen LogP contribution is -2.06. The average Bonchev–Trinajstić information content (AvgIpc) is 2.84. The molecule has 0 unspecified atom stereocenters. The Morgan fingerprint density at radius 3 is 3.16 bits per heavy atom. The maximum absolute atomic E-state index is 11.1. The van der Waals surface area contributed by atoms with Crippen LogP contribution in [0, 0.1) is 0 Å². The van der Waals surface area contributed by atoms with Crippen LogP contribution in [0.1, 0.15) is 6.92 Å². The molecule has 0 bridgehead atoms. The van der Waals surface area contributed by atoms with E-state index in [1.807, 2.05) is 34.9 Å². The summed E-state index contributed by atoms with van der Waals surface area (Å²) in [5, 5.41) is 11.5. The summed E-state index contributed by atoms with van der Waals surface area (Å²) in [6.07, 6.45) is 3.47. The number of nitrogens with one attached hydrogen (secondary N) is 1. The number of benzene rings is 1. The van der Waals surface area contributed by atoms with Crippen LogP contribution in [0.4, 0.5) is 5.69 Å². The Bertz CT molecular complexity index is 594. The molecule has 1 aromatic heterocycles. The van der Waals surface area contributed by atoms with Gasteiger partial charge in [0.1, 0.15) is 6.33 Å². The monoisotopic (exact) mass is 274 g/mol. The number of hydrogen-bond acceptors (Lipinski definition) is 4. The zero-order chi connectivity index (χ0) is 13.7. The number of carbonyl (C=O) groups excluding carboxylic acids is 1. The number of thioether (sulfide) groups is 1. The maximum Gasteiger partial charge on any atom is 0.221 e. The summed E-state index contributed by atoms with van der Waals surface area (Å²) < 4.78 is 1.87. The first-order chi connectivity index (χ1) is 9.20. The minimum Gasteiger partial charge on any atom is -0.326 e. The Labute approximate surface area is 115 Å². The maximum atomic E-state index is 11.1. The third-order valence-corrected chi connectivity index (χ3v) is 3.23. The van der Waals surface area contributed by atoms with Gasteiger partial charge in [0.15, 0.2) is 5.16 Å². The van der Waals surface area contributed by atoms with E-state index >= 15 is 0 Å². The van der Waals surface area contributed by atoms with Gasteiger partial charge in [-0.15, -0.1) is 16.8 Å². The van der Waals surface area contributed by atoms with Crippen molar-refractivity contribution in [2.75, 3.05) is 11.1 Å². The molecule has 0 aliphatic heterocycles. The van der Waals surface area contributed by atoms with E-state index < -0.39 is 0 Å². The Kier molecular flexibility index (Phi) is 4.35. The van der Waals surface area contributed by atoms with Gasteiger partial charge >= 0.3 is 0 Å². The summed E-state index contributed by atoms with van der Waals surface area (Å²) in [7, 11) is 0. The van der Waals surface area contributed by atoms with Crippen molar-refractivity contribution in [1.29, 1.82) is 0 Å². The second kappa shape index (κ2) is 6.19. The molecular weight excluding hydrogens is 260 g/mol. The molecule has 0 radical (unpaired) electrons. The normalized spacial score (nSPS) is 10.2. The van der Waals surface area contributed by atoms with Crippen LogP contribution in [0.2, 0.25) is 0 Å². The quantitative estimate of drug-likeness (QED) is 0.672. The van der Waals surface area contributed by atoms with Crippen molar-refractivity contribution in [2.45, 2.75) is 12.1 Å². The SMILES string of the molecule is C=CCSc1nncn1-c1cccc(NC(C)=O)c1. The zero-order valence-corrected chi connectivity index (χ0v) is 11.4. The molecule has 0 saturated heterocycles. The summed E-state index contributed by atoms with van der Waals surface area (Å²) >= 11 is 1.55. The average molecular weight is 274 g/mol. The van der Waals surface area contributed by atoms with Gasteiger partial charge in [-0.25, -0.2) is 0 Å². The third-order valence-electron chi connectivity index (χ3n) is 2.29. The molecule has 0 saturated carbocycles. The van der Waals surface area contributed by atoms with Crippen molar-refractivity contribution in [3.63, 3.8) is 0 Å². The minimum absolute atomic E-state index is 0.0952. The summed E-state index contributed by atoms with van der Waals surface area (Å²) in [6, 6.07) is 7.53. The predicted molar refractivity (Wildman–Crippen MR) is 76.6 cm³/mol. The molecule has 1 N–H and O–H groups in total. The summed E-state index contributed by atoms with van der Waals surface area (Å²) in [4.78, 5) is 11.1. The molecule has 0 spiro atoms. The molecule has 19 heavy (non-hydrogen) atoms.